The SMILES string of the molecule is CC(C)=CCC/C(C)=C/CCC(C)COc1cccc(C(N)=O)c1. The topological polar surface area (TPSA) is 52.3 Å². The van der Waals surface area contributed by atoms with Gasteiger partial charge in [-0.05, 0) is 70.6 Å². The van der Waals surface area contributed by atoms with Crippen molar-refractivity contribution in [1.29, 1.82) is 0 Å². The summed E-state index contributed by atoms with van der Waals surface area (Å²) in [4.78, 5) is 11.2. The van der Waals surface area contributed by atoms with E-state index in [9.17, 15) is 4.79 Å². The van der Waals surface area contributed by atoms with E-state index in [0.29, 0.717) is 23.8 Å². The van der Waals surface area contributed by atoms with Crippen LogP contribution in [0.1, 0.15) is 63.7 Å². The smallest absolute Gasteiger partial charge is 0.248 e. The minimum atomic E-state index is -0.428. The number of primary amides is 1. The van der Waals surface area contributed by atoms with E-state index in [1.807, 2.05) is 6.07 Å². The number of hydrogen-bond donors (Lipinski definition) is 1. The molecule has 1 unspecified atom stereocenters. The van der Waals surface area contributed by atoms with Crippen molar-refractivity contribution in [2.45, 2.75) is 53.4 Å². The molecule has 0 spiro atoms. The van der Waals surface area contributed by atoms with E-state index in [2.05, 4.69) is 39.8 Å². The third-order valence-electron chi connectivity index (χ3n) is 3.90. The Morgan fingerprint density at radius 2 is 1.96 bits per heavy atom. The molecule has 1 atom stereocenters. The Balaban J connectivity index is 2.31. The lowest BCUT2D eigenvalue weighted by atomic mass is 10.0. The van der Waals surface area contributed by atoms with Gasteiger partial charge in [-0.15, -0.1) is 0 Å². The van der Waals surface area contributed by atoms with Gasteiger partial charge >= 0.3 is 0 Å². The zero-order valence-electron chi connectivity index (χ0n) is 15.5. The molecule has 1 amide bonds. The minimum Gasteiger partial charge on any atom is -0.493 e. The summed E-state index contributed by atoms with van der Waals surface area (Å²) in [5.41, 5.74) is 8.60. The number of ether oxygens (including phenoxy) is 1. The zero-order valence-corrected chi connectivity index (χ0v) is 15.5. The molecule has 0 aliphatic heterocycles. The number of carbonyl (C=O) groups excluding carboxylic acids is 1. The van der Waals surface area contributed by atoms with Crippen LogP contribution in [0, 0.1) is 5.92 Å². The average Bonchev–Trinajstić information content (AvgIpc) is 2.53. The third kappa shape index (κ3) is 8.56. The fourth-order valence-electron chi connectivity index (χ4n) is 2.37. The van der Waals surface area contributed by atoms with Crippen LogP contribution in [0.2, 0.25) is 0 Å². The maximum atomic E-state index is 11.2. The molecule has 0 bridgehead atoms. The van der Waals surface area contributed by atoms with E-state index in [4.69, 9.17) is 10.5 Å². The highest BCUT2D eigenvalue weighted by molar-refractivity contribution is 5.93. The second kappa shape index (κ2) is 10.7. The maximum Gasteiger partial charge on any atom is 0.248 e. The summed E-state index contributed by atoms with van der Waals surface area (Å²) in [6.07, 6.45) is 9.05. The monoisotopic (exact) mass is 329 g/mol. The Bertz CT molecular complexity index is 583. The molecule has 0 saturated heterocycles. The fraction of sp³-hybridized carbons (Fsp3) is 0.476. The van der Waals surface area contributed by atoms with Gasteiger partial charge in [-0.1, -0.05) is 36.3 Å². The highest BCUT2D eigenvalue weighted by Gasteiger charge is 2.05. The van der Waals surface area contributed by atoms with Gasteiger partial charge in [-0.2, -0.15) is 0 Å². The lowest BCUT2D eigenvalue weighted by Gasteiger charge is -2.13. The van der Waals surface area contributed by atoms with Crippen LogP contribution in [0.25, 0.3) is 0 Å². The summed E-state index contributed by atoms with van der Waals surface area (Å²) in [5.74, 6) is 0.734. The first-order chi connectivity index (χ1) is 11.4. The molecule has 0 saturated carbocycles. The van der Waals surface area contributed by atoms with Crippen LogP contribution in [0.3, 0.4) is 0 Å². The van der Waals surface area contributed by atoms with Crippen molar-refractivity contribution >= 4 is 5.91 Å². The normalized spacial score (nSPS) is 12.6. The van der Waals surface area contributed by atoms with Crippen LogP contribution in [-0.2, 0) is 0 Å². The van der Waals surface area contributed by atoms with Gasteiger partial charge in [0.1, 0.15) is 5.75 Å². The lowest BCUT2D eigenvalue weighted by molar-refractivity contribution is 0.0999. The van der Waals surface area contributed by atoms with Gasteiger partial charge in [0.05, 0.1) is 6.61 Å². The summed E-state index contributed by atoms with van der Waals surface area (Å²) >= 11 is 0. The first-order valence-electron chi connectivity index (χ1n) is 8.70. The van der Waals surface area contributed by atoms with Crippen molar-refractivity contribution in [3.05, 3.63) is 53.1 Å². The molecule has 0 aliphatic rings. The Hall–Kier alpha value is -2.03. The molecule has 2 N–H and O–H groups in total. The Labute approximate surface area is 146 Å². The molecule has 3 heteroatoms. The molecule has 0 radical (unpaired) electrons. The van der Waals surface area contributed by atoms with Gasteiger partial charge in [0, 0.05) is 5.56 Å². The van der Waals surface area contributed by atoms with E-state index >= 15 is 0 Å². The minimum absolute atomic E-state index is 0.428. The van der Waals surface area contributed by atoms with Crippen LogP contribution in [0.4, 0.5) is 0 Å². The van der Waals surface area contributed by atoms with Gasteiger partial charge in [-0.25, -0.2) is 0 Å². The molecule has 132 valence electrons. The van der Waals surface area contributed by atoms with Crippen molar-refractivity contribution in [3.63, 3.8) is 0 Å². The van der Waals surface area contributed by atoms with E-state index in [1.54, 1.807) is 18.2 Å². The molecule has 0 heterocycles. The summed E-state index contributed by atoms with van der Waals surface area (Å²) < 4.78 is 5.77. The summed E-state index contributed by atoms with van der Waals surface area (Å²) in [5, 5.41) is 0. The number of amides is 1. The van der Waals surface area contributed by atoms with Gasteiger partial charge in [0.15, 0.2) is 0 Å². The summed E-state index contributed by atoms with van der Waals surface area (Å²) in [6, 6.07) is 7.04. The zero-order chi connectivity index (χ0) is 17.9. The van der Waals surface area contributed by atoms with Crippen LogP contribution in [-0.4, -0.2) is 12.5 Å². The molecule has 24 heavy (non-hydrogen) atoms. The van der Waals surface area contributed by atoms with Crippen molar-refractivity contribution in [2.24, 2.45) is 11.7 Å². The van der Waals surface area contributed by atoms with Gasteiger partial charge in [0.2, 0.25) is 5.91 Å². The van der Waals surface area contributed by atoms with Crippen LogP contribution in [0.5, 0.6) is 5.75 Å². The van der Waals surface area contributed by atoms with Crippen molar-refractivity contribution in [1.82, 2.24) is 0 Å². The van der Waals surface area contributed by atoms with Crippen LogP contribution >= 0.6 is 0 Å². The van der Waals surface area contributed by atoms with E-state index in [0.717, 1.165) is 25.7 Å². The average molecular weight is 329 g/mol. The van der Waals surface area contributed by atoms with E-state index < -0.39 is 5.91 Å². The summed E-state index contributed by atoms with van der Waals surface area (Å²) in [6.45, 7) is 9.31. The van der Waals surface area contributed by atoms with Crippen molar-refractivity contribution < 1.29 is 9.53 Å². The molecule has 1 aromatic carbocycles. The second-order valence-electron chi connectivity index (χ2n) is 6.76. The van der Waals surface area contributed by atoms with Crippen LogP contribution < -0.4 is 10.5 Å². The van der Waals surface area contributed by atoms with Gasteiger partial charge < -0.3 is 10.5 Å². The molecule has 0 aromatic heterocycles. The first-order valence-corrected chi connectivity index (χ1v) is 8.70. The highest BCUT2D eigenvalue weighted by Crippen LogP contribution is 2.16. The number of nitrogens with two attached hydrogens (primary N) is 1. The number of benzene rings is 1. The maximum absolute atomic E-state index is 11.2. The number of rotatable bonds is 10. The Kier molecular flexibility index (Phi) is 8.92. The van der Waals surface area contributed by atoms with Crippen LogP contribution in [0.15, 0.2) is 47.6 Å². The quantitative estimate of drug-likeness (QED) is 0.594. The van der Waals surface area contributed by atoms with Crippen molar-refractivity contribution in [2.75, 3.05) is 6.61 Å². The highest BCUT2D eigenvalue weighted by atomic mass is 16.5. The number of hydrogen-bond acceptors (Lipinski definition) is 2. The third-order valence-corrected chi connectivity index (χ3v) is 3.90. The van der Waals surface area contributed by atoms with E-state index in [1.165, 1.54) is 11.1 Å². The molecular weight excluding hydrogens is 298 g/mol. The Morgan fingerprint density at radius 1 is 1.21 bits per heavy atom. The fourth-order valence-corrected chi connectivity index (χ4v) is 2.37. The lowest BCUT2D eigenvalue weighted by Crippen LogP contribution is -2.12. The second-order valence-corrected chi connectivity index (χ2v) is 6.76. The predicted molar refractivity (Wildman–Crippen MR) is 101 cm³/mol. The standard InChI is InChI=1S/C21H31NO2/c1-16(2)8-5-9-17(3)10-6-11-18(4)15-24-20-13-7-12-19(14-20)21(22)23/h7-8,10,12-14,18H,5-6,9,11,15H2,1-4H3,(H2,22,23)/b17-10+. The molecule has 1 rings (SSSR count). The van der Waals surface area contributed by atoms with E-state index in [-0.39, 0.29) is 0 Å². The number of carbonyl (C=O) groups is 1. The van der Waals surface area contributed by atoms with Crippen molar-refractivity contribution in [3.8, 4) is 5.75 Å². The number of allylic oxidation sites excluding steroid dienone is 4. The van der Waals surface area contributed by atoms with Gasteiger partial charge in [-0.3, -0.25) is 4.79 Å². The molecule has 0 fully saturated rings. The Morgan fingerprint density at radius 3 is 2.62 bits per heavy atom. The molecule has 1 aromatic rings. The molecular formula is C21H31NO2. The van der Waals surface area contributed by atoms with Gasteiger partial charge in [0.25, 0.3) is 0 Å². The molecule has 0 aliphatic carbocycles. The molecule has 3 nitrogen and oxygen atoms in total. The summed E-state index contributed by atoms with van der Waals surface area (Å²) in [7, 11) is 0. The largest absolute Gasteiger partial charge is 0.493 e. The predicted octanol–water partition coefficient (Wildman–Crippen LogP) is 5.27. The first kappa shape index (κ1) is 20.0.